The maximum atomic E-state index is 13.2. The first-order chi connectivity index (χ1) is 15.3. The van der Waals surface area contributed by atoms with Gasteiger partial charge in [0.05, 0.1) is 4.47 Å². The summed E-state index contributed by atoms with van der Waals surface area (Å²) in [5, 5.41) is 3.78. The largest absolute Gasteiger partial charge is 0.483 e. The van der Waals surface area contributed by atoms with E-state index in [1.54, 1.807) is 25.1 Å². The number of nitrogens with one attached hydrogen (secondary N) is 1. The Morgan fingerprint density at radius 1 is 1.09 bits per heavy atom. The first-order valence-corrected chi connectivity index (χ1v) is 12.3. The molecule has 2 amide bonds. The van der Waals surface area contributed by atoms with Crippen molar-refractivity contribution >= 4 is 50.9 Å². The quantitative estimate of drug-likeness (QED) is 0.410. The van der Waals surface area contributed by atoms with Gasteiger partial charge in [-0.25, -0.2) is 0 Å². The van der Waals surface area contributed by atoms with Gasteiger partial charge in [0.15, 0.2) is 6.61 Å². The Morgan fingerprint density at radius 3 is 2.30 bits per heavy atom. The summed E-state index contributed by atoms with van der Waals surface area (Å²) in [5.41, 5.74) is 1.82. The number of rotatable bonds is 8. The molecular formula is C25H31BrCl2N2O3. The van der Waals surface area contributed by atoms with Crippen LogP contribution in [0.5, 0.6) is 5.75 Å². The molecule has 0 heterocycles. The molecule has 0 aromatic heterocycles. The third-order valence-electron chi connectivity index (χ3n) is 5.10. The molecule has 0 saturated heterocycles. The molecule has 2 aromatic carbocycles. The molecule has 8 heteroatoms. The lowest BCUT2D eigenvalue weighted by Gasteiger charge is -2.29. The zero-order valence-corrected chi connectivity index (χ0v) is 22.9. The Labute approximate surface area is 214 Å². The van der Waals surface area contributed by atoms with Crippen molar-refractivity contribution in [3.63, 3.8) is 0 Å². The third kappa shape index (κ3) is 7.90. The van der Waals surface area contributed by atoms with Gasteiger partial charge in [-0.1, -0.05) is 56.1 Å². The molecule has 2 rings (SSSR count). The summed E-state index contributed by atoms with van der Waals surface area (Å²) in [4.78, 5) is 27.3. The van der Waals surface area contributed by atoms with Crippen molar-refractivity contribution in [3.8, 4) is 5.75 Å². The molecule has 0 unspecified atom stereocenters. The van der Waals surface area contributed by atoms with Gasteiger partial charge in [0, 0.05) is 22.6 Å². The van der Waals surface area contributed by atoms with Gasteiger partial charge in [-0.2, -0.15) is 0 Å². The van der Waals surface area contributed by atoms with Crippen molar-refractivity contribution in [3.05, 3.63) is 62.0 Å². The van der Waals surface area contributed by atoms with Crippen LogP contribution in [0.1, 0.15) is 52.7 Å². The number of carbonyl (C=O) groups is 2. The van der Waals surface area contributed by atoms with Crippen molar-refractivity contribution in [2.75, 3.05) is 6.61 Å². The van der Waals surface area contributed by atoms with Gasteiger partial charge in [0.2, 0.25) is 5.91 Å². The molecule has 5 nitrogen and oxygen atoms in total. The van der Waals surface area contributed by atoms with Crippen molar-refractivity contribution in [1.82, 2.24) is 10.2 Å². The van der Waals surface area contributed by atoms with Crippen molar-refractivity contribution in [2.24, 2.45) is 0 Å². The molecule has 0 aliphatic carbocycles. The minimum atomic E-state index is -0.720. The third-order valence-corrected chi connectivity index (χ3v) is 6.31. The van der Waals surface area contributed by atoms with E-state index in [1.807, 2.05) is 32.0 Å². The molecule has 0 aliphatic rings. The normalized spacial score (nSPS) is 12.4. The highest BCUT2D eigenvalue weighted by molar-refractivity contribution is 9.10. The molecule has 0 fully saturated rings. The van der Waals surface area contributed by atoms with Gasteiger partial charge < -0.3 is 15.0 Å². The zero-order chi connectivity index (χ0) is 24.9. The number of hydrogen-bond donors (Lipinski definition) is 1. The monoisotopic (exact) mass is 556 g/mol. The number of halogens is 3. The van der Waals surface area contributed by atoms with Crippen molar-refractivity contribution in [2.45, 2.75) is 65.6 Å². The van der Waals surface area contributed by atoms with E-state index in [2.05, 4.69) is 42.0 Å². The van der Waals surface area contributed by atoms with E-state index < -0.39 is 6.04 Å². The fraction of sp³-hybridized carbons (Fsp3) is 0.440. The van der Waals surface area contributed by atoms with Gasteiger partial charge in [0.25, 0.3) is 5.91 Å². The highest BCUT2D eigenvalue weighted by Gasteiger charge is 2.27. The second-order valence-corrected chi connectivity index (χ2v) is 11.0. The Kier molecular flexibility index (Phi) is 9.65. The summed E-state index contributed by atoms with van der Waals surface area (Å²) in [5.74, 6) is -0.0292. The van der Waals surface area contributed by atoms with Gasteiger partial charge in [-0.05, 0) is 77.5 Å². The van der Waals surface area contributed by atoms with Crippen molar-refractivity contribution < 1.29 is 14.3 Å². The highest BCUT2D eigenvalue weighted by Crippen LogP contribution is 2.31. The summed E-state index contributed by atoms with van der Waals surface area (Å²) in [6.07, 6.45) is 0. The molecule has 1 N–H and O–H groups in total. The molecule has 0 radical (unpaired) electrons. The first kappa shape index (κ1) is 27.5. The smallest absolute Gasteiger partial charge is 0.261 e. The van der Waals surface area contributed by atoms with E-state index >= 15 is 0 Å². The van der Waals surface area contributed by atoms with Crippen LogP contribution in [0.3, 0.4) is 0 Å². The first-order valence-electron chi connectivity index (χ1n) is 10.8. The number of hydrogen-bond acceptors (Lipinski definition) is 3. The molecule has 0 saturated carbocycles. The SMILES string of the molecule is CC(C)NC(=O)[C@@H](C)N(Cc1ccc(Cl)cc1Cl)C(=O)COc1ccc(C(C)(C)C)cc1Br. The molecule has 2 aromatic rings. The molecule has 0 spiro atoms. The summed E-state index contributed by atoms with van der Waals surface area (Å²) in [7, 11) is 0. The van der Waals surface area contributed by atoms with Gasteiger partial charge in [-0.3, -0.25) is 9.59 Å². The van der Waals surface area contributed by atoms with E-state index in [1.165, 1.54) is 4.90 Å². The molecule has 180 valence electrons. The second-order valence-electron chi connectivity index (χ2n) is 9.28. The van der Waals surface area contributed by atoms with E-state index in [0.717, 1.165) is 10.0 Å². The summed E-state index contributed by atoms with van der Waals surface area (Å²) < 4.78 is 6.59. The predicted molar refractivity (Wildman–Crippen MR) is 138 cm³/mol. The van der Waals surface area contributed by atoms with E-state index in [9.17, 15) is 9.59 Å². The lowest BCUT2D eigenvalue weighted by Crippen LogP contribution is -2.50. The molecule has 0 bridgehead atoms. The lowest BCUT2D eigenvalue weighted by molar-refractivity contribution is -0.142. The minimum Gasteiger partial charge on any atom is -0.483 e. The minimum absolute atomic E-state index is 0.00920. The van der Waals surface area contributed by atoms with Crippen LogP contribution >= 0.6 is 39.1 Å². The van der Waals surface area contributed by atoms with Gasteiger partial charge in [-0.15, -0.1) is 0 Å². The van der Waals surface area contributed by atoms with Crippen LogP contribution in [-0.4, -0.2) is 35.4 Å². The Bertz CT molecular complexity index is 1010. The molecular weight excluding hydrogens is 527 g/mol. The summed E-state index contributed by atoms with van der Waals surface area (Å²) >= 11 is 15.9. The van der Waals surface area contributed by atoms with Crippen LogP contribution in [0.25, 0.3) is 0 Å². The van der Waals surface area contributed by atoms with Crippen LogP contribution in [-0.2, 0) is 21.5 Å². The van der Waals surface area contributed by atoms with Crippen LogP contribution in [0, 0.1) is 0 Å². The zero-order valence-electron chi connectivity index (χ0n) is 19.8. The predicted octanol–water partition coefficient (Wildman–Crippen LogP) is 6.37. The van der Waals surface area contributed by atoms with Crippen LogP contribution in [0.4, 0.5) is 0 Å². The number of ether oxygens (including phenoxy) is 1. The molecule has 1 atom stereocenters. The highest BCUT2D eigenvalue weighted by atomic mass is 79.9. The van der Waals surface area contributed by atoms with E-state index in [-0.39, 0.29) is 36.4 Å². The Hall–Kier alpha value is -1.76. The van der Waals surface area contributed by atoms with Gasteiger partial charge in [0.1, 0.15) is 11.8 Å². The summed E-state index contributed by atoms with van der Waals surface area (Å²) in [6.45, 7) is 11.7. The number of nitrogens with zero attached hydrogens (tertiary/aromatic N) is 1. The Morgan fingerprint density at radius 2 is 1.76 bits per heavy atom. The number of carbonyl (C=O) groups excluding carboxylic acids is 2. The lowest BCUT2D eigenvalue weighted by atomic mass is 9.87. The second kappa shape index (κ2) is 11.6. The fourth-order valence-electron chi connectivity index (χ4n) is 3.13. The van der Waals surface area contributed by atoms with Crippen molar-refractivity contribution in [1.29, 1.82) is 0 Å². The average Bonchev–Trinajstić information content (AvgIpc) is 2.70. The Balaban J connectivity index is 2.23. The maximum absolute atomic E-state index is 13.2. The van der Waals surface area contributed by atoms with Crippen LogP contribution in [0.15, 0.2) is 40.9 Å². The fourth-order valence-corrected chi connectivity index (χ4v) is 4.09. The van der Waals surface area contributed by atoms with E-state index in [0.29, 0.717) is 21.4 Å². The topological polar surface area (TPSA) is 58.6 Å². The summed E-state index contributed by atoms with van der Waals surface area (Å²) in [6, 6.07) is 10.1. The number of amides is 2. The molecule has 0 aliphatic heterocycles. The van der Waals surface area contributed by atoms with Crippen LogP contribution < -0.4 is 10.1 Å². The molecule has 33 heavy (non-hydrogen) atoms. The van der Waals surface area contributed by atoms with Crippen LogP contribution in [0.2, 0.25) is 10.0 Å². The number of benzene rings is 2. The standard InChI is InChI=1S/C25H31BrCl2N2O3/c1-15(2)29-24(32)16(3)30(13-17-7-9-19(27)12-21(17)28)23(31)14-33-22-10-8-18(11-20(22)26)25(4,5)6/h7-12,15-16H,13-14H2,1-6H3,(H,29,32)/t16-/m1/s1. The average molecular weight is 558 g/mol. The van der Waals surface area contributed by atoms with E-state index in [4.69, 9.17) is 27.9 Å². The maximum Gasteiger partial charge on any atom is 0.261 e. The van der Waals surface area contributed by atoms with Gasteiger partial charge >= 0.3 is 0 Å².